The highest BCUT2D eigenvalue weighted by atomic mass is 32.2. The monoisotopic (exact) mass is 423 g/mol. The number of aliphatic imine (C=N–C) groups is 1. The molecule has 2 aromatic rings. The Bertz CT molecular complexity index is 908. The number of benzene rings is 2. The molecule has 3 rings (SSSR count). The van der Waals surface area contributed by atoms with Crippen molar-refractivity contribution >= 4 is 34.6 Å². The van der Waals surface area contributed by atoms with Crippen LogP contribution in [0.4, 0.5) is 5.69 Å². The predicted molar refractivity (Wildman–Crippen MR) is 122 cm³/mol. The number of carbonyl (C=O) groups excluding carboxylic acids is 1. The minimum Gasteiger partial charge on any atom is -0.395 e. The Kier molecular flexibility index (Phi) is 8.41. The van der Waals surface area contributed by atoms with Crippen molar-refractivity contribution in [2.75, 3.05) is 33.0 Å². The summed E-state index contributed by atoms with van der Waals surface area (Å²) >= 11 is 1.32. The Morgan fingerprint density at radius 3 is 2.23 bits per heavy atom. The van der Waals surface area contributed by atoms with Crippen LogP contribution in [0, 0.1) is 0 Å². The molecule has 1 amide bonds. The first-order valence-electron chi connectivity index (χ1n) is 9.72. The van der Waals surface area contributed by atoms with Gasteiger partial charge in [-0.05, 0) is 35.5 Å². The number of nitrogens with zero attached hydrogens (tertiary/aromatic N) is 3. The van der Waals surface area contributed by atoms with E-state index in [1.165, 1.54) is 11.8 Å². The van der Waals surface area contributed by atoms with E-state index in [9.17, 15) is 15.0 Å². The molecule has 0 spiro atoms. The number of aliphatic hydroxyl groups is 2. The van der Waals surface area contributed by atoms with E-state index in [1.54, 1.807) is 11.0 Å². The van der Waals surface area contributed by atoms with Gasteiger partial charge >= 0.3 is 0 Å². The quantitative estimate of drug-likeness (QED) is 0.606. The lowest BCUT2D eigenvalue weighted by molar-refractivity contribution is -0.123. The lowest BCUT2D eigenvalue weighted by Crippen LogP contribution is -2.43. The molecule has 7 heteroatoms. The second-order valence-corrected chi connectivity index (χ2v) is 7.58. The fourth-order valence-corrected chi connectivity index (χ4v) is 3.83. The van der Waals surface area contributed by atoms with Gasteiger partial charge in [-0.3, -0.25) is 14.6 Å². The molecule has 1 aliphatic heterocycles. The molecule has 0 unspecified atom stereocenters. The summed E-state index contributed by atoms with van der Waals surface area (Å²) < 4.78 is 0. The van der Waals surface area contributed by atoms with Gasteiger partial charge in [-0.2, -0.15) is 0 Å². The van der Waals surface area contributed by atoms with E-state index in [2.05, 4.69) is 4.99 Å². The van der Waals surface area contributed by atoms with Gasteiger partial charge in [0.25, 0.3) is 5.91 Å². The van der Waals surface area contributed by atoms with E-state index in [0.717, 1.165) is 11.3 Å². The number of rotatable bonds is 9. The van der Waals surface area contributed by atoms with Crippen LogP contribution in [-0.2, 0) is 4.79 Å². The molecule has 0 radical (unpaired) electrons. The van der Waals surface area contributed by atoms with Crippen molar-refractivity contribution in [1.82, 2.24) is 9.80 Å². The highest BCUT2D eigenvalue weighted by Gasteiger charge is 2.34. The number of para-hydroxylation sites is 1. The van der Waals surface area contributed by atoms with Crippen LogP contribution in [-0.4, -0.2) is 64.1 Å². The molecule has 0 aromatic heterocycles. The van der Waals surface area contributed by atoms with Crippen LogP contribution < -0.4 is 0 Å². The molecular formula is C23H25N3O3S. The molecule has 0 bridgehead atoms. The fourth-order valence-electron chi connectivity index (χ4n) is 2.89. The van der Waals surface area contributed by atoms with Crippen LogP contribution in [0.15, 0.2) is 82.7 Å². The first-order chi connectivity index (χ1) is 14.7. The normalized spacial score (nSPS) is 17.2. The highest BCUT2D eigenvalue weighted by molar-refractivity contribution is 8.18. The van der Waals surface area contributed by atoms with Crippen molar-refractivity contribution in [3.05, 3.63) is 83.3 Å². The summed E-state index contributed by atoms with van der Waals surface area (Å²) in [6.45, 7) is 0.866. The molecule has 0 aliphatic carbocycles. The molecule has 1 aliphatic rings. The Morgan fingerprint density at radius 2 is 1.60 bits per heavy atom. The fraction of sp³-hybridized carbons (Fsp3) is 0.217. The molecule has 30 heavy (non-hydrogen) atoms. The first-order valence-corrected chi connectivity index (χ1v) is 10.5. The van der Waals surface area contributed by atoms with Crippen molar-refractivity contribution in [2.24, 2.45) is 4.99 Å². The minimum atomic E-state index is -0.145. The Morgan fingerprint density at radius 1 is 0.967 bits per heavy atom. The van der Waals surface area contributed by atoms with Crippen molar-refractivity contribution in [3.63, 3.8) is 0 Å². The zero-order chi connectivity index (χ0) is 21.2. The van der Waals surface area contributed by atoms with Crippen LogP contribution >= 0.6 is 11.8 Å². The van der Waals surface area contributed by atoms with E-state index in [-0.39, 0.29) is 25.8 Å². The number of hydrogen-bond acceptors (Lipinski definition) is 6. The SMILES string of the molecule is O=C1/C(=C/C=C/c2ccccc2)SC(=Nc2ccccc2)N1CN(CCO)CCO. The second kappa shape index (κ2) is 11.5. The van der Waals surface area contributed by atoms with Crippen LogP contribution in [0.3, 0.4) is 0 Å². The maximum absolute atomic E-state index is 13.1. The lowest BCUT2D eigenvalue weighted by atomic mass is 10.2. The van der Waals surface area contributed by atoms with Gasteiger partial charge in [-0.15, -0.1) is 0 Å². The molecule has 2 aromatic carbocycles. The van der Waals surface area contributed by atoms with Crippen LogP contribution in [0.2, 0.25) is 0 Å². The summed E-state index contributed by atoms with van der Waals surface area (Å²) in [6.07, 6.45) is 5.60. The van der Waals surface area contributed by atoms with Crippen molar-refractivity contribution in [1.29, 1.82) is 0 Å². The van der Waals surface area contributed by atoms with E-state index in [1.807, 2.05) is 77.7 Å². The van der Waals surface area contributed by atoms with Crippen LogP contribution in [0.25, 0.3) is 6.08 Å². The van der Waals surface area contributed by atoms with Gasteiger partial charge in [0, 0.05) is 13.1 Å². The molecule has 6 nitrogen and oxygen atoms in total. The zero-order valence-electron chi connectivity index (χ0n) is 16.6. The first kappa shape index (κ1) is 22.0. The standard InChI is InChI=1S/C23H25N3O3S/c27-16-14-25(15-17-28)18-26-22(29)21(13-7-10-19-8-3-1-4-9-19)30-23(26)24-20-11-5-2-6-12-20/h1-13,27-28H,14-18H2/b10-7+,21-13-,24-23?. The summed E-state index contributed by atoms with van der Waals surface area (Å²) in [4.78, 5) is 21.7. The van der Waals surface area contributed by atoms with Crippen molar-refractivity contribution in [2.45, 2.75) is 0 Å². The van der Waals surface area contributed by atoms with Gasteiger partial charge in [0.1, 0.15) is 0 Å². The lowest BCUT2D eigenvalue weighted by Gasteiger charge is -2.26. The number of carbonyl (C=O) groups is 1. The Balaban J connectivity index is 1.84. The third-order valence-electron chi connectivity index (χ3n) is 4.38. The summed E-state index contributed by atoms with van der Waals surface area (Å²) in [6, 6.07) is 19.3. The van der Waals surface area contributed by atoms with Gasteiger partial charge in [-0.25, -0.2) is 4.99 Å². The molecule has 1 heterocycles. The largest absolute Gasteiger partial charge is 0.395 e. The number of thioether (sulfide) groups is 1. The number of amidine groups is 1. The van der Waals surface area contributed by atoms with Crippen LogP contribution in [0.5, 0.6) is 0 Å². The molecule has 1 fully saturated rings. The second-order valence-electron chi connectivity index (χ2n) is 6.57. The van der Waals surface area contributed by atoms with Gasteiger partial charge in [0.05, 0.1) is 30.5 Å². The summed E-state index contributed by atoms with van der Waals surface area (Å²) in [5.74, 6) is -0.145. The van der Waals surface area contributed by atoms with Crippen molar-refractivity contribution < 1.29 is 15.0 Å². The number of hydrogen-bond donors (Lipinski definition) is 2. The third kappa shape index (κ3) is 6.14. The molecule has 1 saturated heterocycles. The molecule has 0 saturated carbocycles. The average Bonchev–Trinajstić information content (AvgIpc) is 3.04. The molecule has 156 valence electrons. The van der Waals surface area contributed by atoms with Gasteiger partial charge in [0.2, 0.25) is 0 Å². The molecule has 0 atom stereocenters. The highest BCUT2D eigenvalue weighted by Crippen LogP contribution is 2.33. The average molecular weight is 424 g/mol. The maximum atomic E-state index is 13.1. The summed E-state index contributed by atoms with van der Waals surface area (Å²) in [5, 5.41) is 19.2. The zero-order valence-corrected chi connectivity index (χ0v) is 17.4. The van der Waals surface area contributed by atoms with Gasteiger partial charge in [-0.1, -0.05) is 60.7 Å². The smallest absolute Gasteiger partial charge is 0.267 e. The van der Waals surface area contributed by atoms with Crippen molar-refractivity contribution in [3.8, 4) is 0 Å². The number of allylic oxidation sites excluding steroid dienone is 2. The van der Waals surface area contributed by atoms with E-state index in [4.69, 9.17) is 0 Å². The van der Waals surface area contributed by atoms with E-state index in [0.29, 0.717) is 23.2 Å². The predicted octanol–water partition coefficient (Wildman–Crippen LogP) is 3.09. The minimum absolute atomic E-state index is 0.0527. The molecular weight excluding hydrogens is 398 g/mol. The number of aliphatic hydroxyl groups excluding tert-OH is 2. The number of amides is 1. The third-order valence-corrected chi connectivity index (χ3v) is 5.40. The summed E-state index contributed by atoms with van der Waals surface area (Å²) in [7, 11) is 0. The topological polar surface area (TPSA) is 76.4 Å². The Labute approximate surface area is 180 Å². The van der Waals surface area contributed by atoms with Gasteiger partial charge in [0.15, 0.2) is 5.17 Å². The van der Waals surface area contributed by atoms with E-state index >= 15 is 0 Å². The maximum Gasteiger partial charge on any atom is 0.267 e. The van der Waals surface area contributed by atoms with E-state index < -0.39 is 0 Å². The van der Waals surface area contributed by atoms with Gasteiger partial charge < -0.3 is 10.2 Å². The van der Waals surface area contributed by atoms with Crippen LogP contribution in [0.1, 0.15) is 5.56 Å². The Hall–Kier alpha value is -2.71. The molecule has 2 N–H and O–H groups in total. The summed E-state index contributed by atoms with van der Waals surface area (Å²) in [5.41, 5.74) is 1.81.